The van der Waals surface area contributed by atoms with Gasteiger partial charge in [0.15, 0.2) is 11.5 Å². The second kappa shape index (κ2) is 7.06. The van der Waals surface area contributed by atoms with Gasteiger partial charge in [-0.15, -0.1) is 0 Å². The first-order valence-electron chi connectivity index (χ1n) is 9.03. The highest BCUT2D eigenvalue weighted by Gasteiger charge is 2.24. The van der Waals surface area contributed by atoms with E-state index in [1.807, 2.05) is 6.07 Å². The summed E-state index contributed by atoms with van der Waals surface area (Å²) in [7, 11) is 4.43. The van der Waals surface area contributed by atoms with E-state index in [9.17, 15) is 0 Å². The van der Waals surface area contributed by atoms with Crippen molar-refractivity contribution in [3.63, 3.8) is 0 Å². The number of ether oxygens (including phenoxy) is 2. The molecule has 25 heavy (non-hydrogen) atoms. The quantitative estimate of drug-likeness (QED) is 0.856. The third kappa shape index (κ3) is 3.65. The van der Waals surface area contributed by atoms with Crippen molar-refractivity contribution in [2.75, 3.05) is 33.9 Å². The molecule has 0 saturated heterocycles. The van der Waals surface area contributed by atoms with Crippen molar-refractivity contribution < 1.29 is 9.47 Å². The minimum absolute atomic E-state index is 0.553. The minimum Gasteiger partial charge on any atom is -0.486 e. The van der Waals surface area contributed by atoms with Gasteiger partial charge < -0.3 is 14.4 Å². The molecule has 2 aromatic carbocycles. The molecule has 4 rings (SSSR count). The van der Waals surface area contributed by atoms with Gasteiger partial charge in [-0.1, -0.05) is 30.3 Å². The second-order valence-corrected chi connectivity index (χ2v) is 7.22. The maximum Gasteiger partial charge on any atom is 0.161 e. The van der Waals surface area contributed by atoms with E-state index in [4.69, 9.17) is 9.47 Å². The Kier molecular flexibility index (Phi) is 4.64. The zero-order valence-corrected chi connectivity index (χ0v) is 15.1. The molecule has 0 amide bonds. The molecule has 1 unspecified atom stereocenters. The molecule has 0 N–H and O–H groups in total. The van der Waals surface area contributed by atoms with Crippen LogP contribution in [0.3, 0.4) is 0 Å². The summed E-state index contributed by atoms with van der Waals surface area (Å²) in [5, 5.41) is 0. The molecule has 0 bridgehead atoms. The molecular formula is C21H26N2O2. The lowest BCUT2D eigenvalue weighted by molar-refractivity contribution is 0.157. The van der Waals surface area contributed by atoms with Crippen molar-refractivity contribution in [1.29, 1.82) is 0 Å². The minimum atomic E-state index is 0.553. The summed E-state index contributed by atoms with van der Waals surface area (Å²) in [6.45, 7) is 4.29. The van der Waals surface area contributed by atoms with E-state index >= 15 is 0 Å². The van der Waals surface area contributed by atoms with Gasteiger partial charge in [0.2, 0.25) is 0 Å². The normalized spacial score (nSPS) is 19.7. The zero-order chi connectivity index (χ0) is 17.2. The van der Waals surface area contributed by atoms with Gasteiger partial charge >= 0.3 is 0 Å². The summed E-state index contributed by atoms with van der Waals surface area (Å²) in [5.74, 6) is 1.74. The average Bonchev–Trinajstić information content (AvgIpc) is 2.62. The highest BCUT2D eigenvalue weighted by atomic mass is 16.6. The molecule has 2 aliphatic heterocycles. The van der Waals surface area contributed by atoms with Crippen LogP contribution in [-0.4, -0.2) is 49.7 Å². The van der Waals surface area contributed by atoms with Gasteiger partial charge in [-0.25, -0.2) is 0 Å². The number of likely N-dealkylation sites (N-methyl/N-ethyl adjacent to an activating group) is 2. The Balaban J connectivity index is 1.40. The summed E-state index contributed by atoms with van der Waals surface area (Å²) < 4.78 is 11.3. The third-order valence-corrected chi connectivity index (χ3v) is 5.20. The molecule has 0 saturated carbocycles. The van der Waals surface area contributed by atoms with Crippen LogP contribution in [0.15, 0.2) is 42.5 Å². The molecule has 0 aliphatic carbocycles. The fourth-order valence-corrected chi connectivity index (χ4v) is 3.84. The smallest absolute Gasteiger partial charge is 0.161 e. The summed E-state index contributed by atoms with van der Waals surface area (Å²) in [5.41, 5.74) is 4.24. The Hall–Kier alpha value is -2.04. The lowest BCUT2D eigenvalue weighted by atomic mass is 9.94. The van der Waals surface area contributed by atoms with E-state index in [-0.39, 0.29) is 0 Å². The summed E-state index contributed by atoms with van der Waals surface area (Å²) in [6, 6.07) is 15.7. The maximum absolute atomic E-state index is 5.70. The number of fused-ring (bicyclic) bond motifs is 2. The molecule has 0 aromatic heterocycles. The van der Waals surface area contributed by atoms with E-state index in [0.717, 1.165) is 37.6 Å². The van der Waals surface area contributed by atoms with Gasteiger partial charge in [0, 0.05) is 25.7 Å². The van der Waals surface area contributed by atoms with Gasteiger partial charge in [-0.05, 0) is 49.3 Å². The van der Waals surface area contributed by atoms with Crippen LogP contribution in [0.5, 0.6) is 11.5 Å². The van der Waals surface area contributed by atoms with Gasteiger partial charge in [0.1, 0.15) is 13.2 Å². The van der Waals surface area contributed by atoms with Crippen LogP contribution in [0.4, 0.5) is 0 Å². The van der Waals surface area contributed by atoms with E-state index in [2.05, 4.69) is 60.3 Å². The summed E-state index contributed by atoms with van der Waals surface area (Å²) in [6.07, 6.45) is 1.12. The Morgan fingerprint density at radius 1 is 1.04 bits per heavy atom. The SMILES string of the molecule is CN(Cc1ccc2c(c1)OCCO2)CC1Cc2ccccc2CN1C. The Labute approximate surface area is 150 Å². The number of hydrogen-bond acceptors (Lipinski definition) is 4. The molecule has 1 atom stereocenters. The van der Waals surface area contributed by atoms with Crippen molar-refractivity contribution in [3.8, 4) is 11.5 Å². The Bertz CT molecular complexity index is 746. The predicted octanol–water partition coefficient (Wildman–Crippen LogP) is 2.95. The first-order chi connectivity index (χ1) is 12.2. The fourth-order valence-electron chi connectivity index (χ4n) is 3.84. The van der Waals surface area contributed by atoms with Crippen molar-refractivity contribution in [2.45, 2.75) is 25.6 Å². The second-order valence-electron chi connectivity index (χ2n) is 7.22. The molecule has 0 radical (unpaired) electrons. The average molecular weight is 338 g/mol. The van der Waals surface area contributed by atoms with Crippen LogP contribution in [0.1, 0.15) is 16.7 Å². The monoisotopic (exact) mass is 338 g/mol. The van der Waals surface area contributed by atoms with Crippen LogP contribution in [0.2, 0.25) is 0 Å². The van der Waals surface area contributed by atoms with Crippen LogP contribution in [0.25, 0.3) is 0 Å². The van der Waals surface area contributed by atoms with Gasteiger partial charge in [0.25, 0.3) is 0 Å². The summed E-state index contributed by atoms with van der Waals surface area (Å²) in [4.78, 5) is 4.88. The maximum atomic E-state index is 5.70. The molecule has 2 aliphatic rings. The molecule has 0 fully saturated rings. The molecule has 132 valence electrons. The van der Waals surface area contributed by atoms with Crippen LogP contribution < -0.4 is 9.47 Å². The largest absolute Gasteiger partial charge is 0.486 e. The molecule has 4 nitrogen and oxygen atoms in total. The number of nitrogens with zero attached hydrogens (tertiary/aromatic N) is 2. The first-order valence-corrected chi connectivity index (χ1v) is 9.03. The van der Waals surface area contributed by atoms with Gasteiger partial charge in [-0.3, -0.25) is 4.90 Å². The van der Waals surface area contributed by atoms with Gasteiger partial charge in [-0.2, -0.15) is 0 Å². The first kappa shape index (κ1) is 16.4. The standard InChI is InChI=1S/C21H26N2O2/c1-22(13-16-7-8-20-21(11-16)25-10-9-24-20)15-19-12-17-5-3-4-6-18(17)14-23(19)2/h3-8,11,19H,9-10,12-15H2,1-2H3. The Morgan fingerprint density at radius 3 is 2.64 bits per heavy atom. The van der Waals surface area contributed by atoms with Crippen molar-refractivity contribution in [2.24, 2.45) is 0 Å². The fraction of sp³-hybridized carbons (Fsp3) is 0.429. The van der Waals surface area contributed by atoms with Crippen LogP contribution in [-0.2, 0) is 19.5 Å². The lowest BCUT2D eigenvalue weighted by Crippen LogP contribution is -2.44. The Morgan fingerprint density at radius 2 is 1.80 bits per heavy atom. The van der Waals surface area contributed by atoms with E-state index < -0.39 is 0 Å². The molecular weight excluding hydrogens is 312 g/mol. The highest BCUT2D eigenvalue weighted by molar-refractivity contribution is 5.43. The van der Waals surface area contributed by atoms with E-state index in [1.54, 1.807) is 0 Å². The van der Waals surface area contributed by atoms with E-state index in [0.29, 0.717) is 19.3 Å². The van der Waals surface area contributed by atoms with E-state index in [1.165, 1.54) is 16.7 Å². The molecule has 2 aromatic rings. The topological polar surface area (TPSA) is 24.9 Å². The van der Waals surface area contributed by atoms with Crippen LogP contribution >= 0.6 is 0 Å². The number of rotatable bonds is 4. The van der Waals surface area contributed by atoms with Crippen molar-refractivity contribution in [3.05, 3.63) is 59.2 Å². The molecule has 2 heterocycles. The number of benzene rings is 2. The van der Waals surface area contributed by atoms with Crippen molar-refractivity contribution in [1.82, 2.24) is 9.80 Å². The van der Waals surface area contributed by atoms with Crippen molar-refractivity contribution >= 4 is 0 Å². The van der Waals surface area contributed by atoms with Crippen LogP contribution in [0, 0.1) is 0 Å². The lowest BCUT2D eigenvalue weighted by Gasteiger charge is -2.36. The number of hydrogen-bond donors (Lipinski definition) is 0. The molecule has 4 heteroatoms. The third-order valence-electron chi connectivity index (χ3n) is 5.20. The molecule has 0 spiro atoms. The predicted molar refractivity (Wildman–Crippen MR) is 99.2 cm³/mol. The zero-order valence-electron chi connectivity index (χ0n) is 15.1. The highest BCUT2D eigenvalue weighted by Crippen LogP contribution is 2.31. The summed E-state index contributed by atoms with van der Waals surface area (Å²) >= 11 is 0. The van der Waals surface area contributed by atoms with Gasteiger partial charge in [0.05, 0.1) is 0 Å².